The fraction of sp³-hybridized carbons (Fsp3) is 0.333. The SMILES string of the molecule is Cc1cccc(F)c1-c1cc2c(-c3cnn(C4CCN(C(=O)O)C(C(C)(C)C)C4)c3)cnc(N)c2cc1C#N. The Morgan fingerprint density at radius 3 is 2.64 bits per heavy atom. The van der Waals surface area contributed by atoms with Crippen molar-refractivity contribution < 1.29 is 14.3 Å². The number of amides is 1. The van der Waals surface area contributed by atoms with Crippen LogP contribution in [0.3, 0.4) is 0 Å². The van der Waals surface area contributed by atoms with Crippen LogP contribution in [-0.4, -0.2) is 43.5 Å². The molecule has 0 spiro atoms. The van der Waals surface area contributed by atoms with Crippen molar-refractivity contribution in [2.75, 3.05) is 12.3 Å². The van der Waals surface area contributed by atoms with Crippen LogP contribution >= 0.6 is 0 Å². The third-order valence-electron chi connectivity index (χ3n) is 7.78. The number of anilines is 1. The molecular formula is C30H31FN6O2. The molecule has 1 aliphatic rings. The standard InChI is InChI=1S/C30H31FN6O2/c1-17-6-5-7-25(31)27(17)21-12-22-23(10-18(21)13-32)28(33)34-15-24(22)19-14-35-37(16-19)20-8-9-36(29(38)39)26(11-20)30(2,3)4/h5-7,10,12,14-16,20,26H,8-9,11H2,1-4H3,(H2,33,34)(H,38,39). The highest BCUT2D eigenvalue weighted by atomic mass is 19.1. The first-order valence-corrected chi connectivity index (χ1v) is 12.9. The number of halogens is 1. The number of hydrogen-bond acceptors (Lipinski definition) is 5. The van der Waals surface area contributed by atoms with Gasteiger partial charge in [-0.2, -0.15) is 10.4 Å². The van der Waals surface area contributed by atoms with E-state index in [2.05, 4.69) is 36.9 Å². The number of piperidine rings is 1. The van der Waals surface area contributed by atoms with E-state index in [9.17, 15) is 19.6 Å². The first-order chi connectivity index (χ1) is 18.5. The maximum Gasteiger partial charge on any atom is 0.407 e. The largest absolute Gasteiger partial charge is 0.465 e. The van der Waals surface area contributed by atoms with Crippen molar-refractivity contribution >= 4 is 22.7 Å². The molecule has 3 N–H and O–H groups in total. The van der Waals surface area contributed by atoms with Gasteiger partial charge in [0.1, 0.15) is 11.6 Å². The number of aryl methyl sites for hydroxylation is 1. The second kappa shape index (κ2) is 9.70. The number of pyridine rings is 1. The summed E-state index contributed by atoms with van der Waals surface area (Å²) in [5.41, 5.74) is 9.49. The second-order valence-corrected chi connectivity index (χ2v) is 11.3. The molecule has 1 fully saturated rings. The van der Waals surface area contributed by atoms with E-state index in [-0.39, 0.29) is 23.3 Å². The number of nitrogens with two attached hydrogens (primary N) is 1. The number of nitriles is 1. The van der Waals surface area contributed by atoms with Gasteiger partial charge in [0.25, 0.3) is 0 Å². The molecule has 2 aromatic carbocycles. The molecule has 200 valence electrons. The van der Waals surface area contributed by atoms with Crippen LogP contribution in [-0.2, 0) is 0 Å². The molecule has 3 heterocycles. The summed E-state index contributed by atoms with van der Waals surface area (Å²) < 4.78 is 16.9. The number of rotatable bonds is 3. The molecular weight excluding hydrogens is 495 g/mol. The van der Waals surface area contributed by atoms with Crippen LogP contribution < -0.4 is 5.73 Å². The molecule has 9 heteroatoms. The van der Waals surface area contributed by atoms with Crippen molar-refractivity contribution in [3.63, 3.8) is 0 Å². The quantitative estimate of drug-likeness (QED) is 0.319. The number of carboxylic acid groups (broad SMARTS) is 1. The first-order valence-electron chi connectivity index (χ1n) is 12.9. The molecule has 5 rings (SSSR count). The summed E-state index contributed by atoms with van der Waals surface area (Å²) >= 11 is 0. The molecule has 0 aliphatic carbocycles. The third kappa shape index (κ3) is 4.67. The smallest absolute Gasteiger partial charge is 0.407 e. The summed E-state index contributed by atoms with van der Waals surface area (Å²) in [5, 5.41) is 25.6. The minimum absolute atomic E-state index is 0.0356. The predicted molar refractivity (Wildman–Crippen MR) is 148 cm³/mol. The van der Waals surface area contributed by atoms with E-state index < -0.39 is 11.9 Å². The van der Waals surface area contributed by atoms with Gasteiger partial charge in [-0.25, -0.2) is 14.2 Å². The number of fused-ring (bicyclic) bond motifs is 1. The molecule has 2 atom stereocenters. The number of hydrogen-bond donors (Lipinski definition) is 2. The fourth-order valence-electron chi connectivity index (χ4n) is 5.72. The Balaban J connectivity index is 1.59. The lowest BCUT2D eigenvalue weighted by atomic mass is 9.79. The highest BCUT2D eigenvalue weighted by molar-refractivity contribution is 6.04. The lowest BCUT2D eigenvalue weighted by Gasteiger charge is -2.44. The van der Waals surface area contributed by atoms with Crippen LogP contribution in [0.2, 0.25) is 0 Å². The second-order valence-electron chi connectivity index (χ2n) is 11.3. The first kappa shape index (κ1) is 26.2. The molecule has 4 aromatic rings. The average Bonchev–Trinajstić information content (AvgIpc) is 3.38. The van der Waals surface area contributed by atoms with Crippen molar-refractivity contribution in [2.24, 2.45) is 5.41 Å². The van der Waals surface area contributed by atoms with E-state index in [1.165, 1.54) is 11.0 Å². The average molecular weight is 527 g/mol. The summed E-state index contributed by atoms with van der Waals surface area (Å²) in [6, 6.07) is 10.4. The summed E-state index contributed by atoms with van der Waals surface area (Å²) in [6.07, 6.45) is 5.79. The highest BCUT2D eigenvalue weighted by Gasteiger charge is 2.39. The number of nitrogen functional groups attached to an aromatic ring is 1. The molecule has 0 bridgehead atoms. The van der Waals surface area contributed by atoms with E-state index in [0.29, 0.717) is 41.5 Å². The molecule has 0 radical (unpaired) electrons. The molecule has 0 saturated carbocycles. The summed E-state index contributed by atoms with van der Waals surface area (Å²) in [4.78, 5) is 17.8. The van der Waals surface area contributed by atoms with Gasteiger partial charge < -0.3 is 15.7 Å². The zero-order chi connectivity index (χ0) is 28.1. The van der Waals surface area contributed by atoms with Gasteiger partial charge in [0.15, 0.2) is 0 Å². The van der Waals surface area contributed by atoms with E-state index in [0.717, 1.165) is 22.1 Å². The molecule has 39 heavy (non-hydrogen) atoms. The monoisotopic (exact) mass is 526 g/mol. The van der Waals surface area contributed by atoms with Crippen molar-refractivity contribution in [1.29, 1.82) is 5.26 Å². The van der Waals surface area contributed by atoms with Crippen LogP contribution in [0.15, 0.2) is 48.9 Å². The number of likely N-dealkylation sites (tertiary alicyclic amines) is 1. The van der Waals surface area contributed by atoms with E-state index in [1.54, 1.807) is 24.5 Å². The molecule has 8 nitrogen and oxygen atoms in total. The lowest BCUT2D eigenvalue weighted by molar-refractivity contribution is 0.0408. The maximum absolute atomic E-state index is 15.0. The van der Waals surface area contributed by atoms with Gasteiger partial charge in [0.05, 0.1) is 23.9 Å². The van der Waals surface area contributed by atoms with E-state index in [1.807, 2.05) is 29.9 Å². The van der Waals surface area contributed by atoms with Gasteiger partial charge >= 0.3 is 6.09 Å². The van der Waals surface area contributed by atoms with Crippen LogP contribution in [0.4, 0.5) is 15.0 Å². The topological polar surface area (TPSA) is 121 Å². The highest BCUT2D eigenvalue weighted by Crippen LogP contribution is 2.40. The van der Waals surface area contributed by atoms with Crippen LogP contribution in [0.5, 0.6) is 0 Å². The Hall–Kier alpha value is -4.45. The molecule has 2 unspecified atom stereocenters. The fourth-order valence-corrected chi connectivity index (χ4v) is 5.72. The zero-order valence-electron chi connectivity index (χ0n) is 22.4. The van der Waals surface area contributed by atoms with Crippen LogP contribution in [0, 0.1) is 29.5 Å². The van der Waals surface area contributed by atoms with Crippen molar-refractivity contribution in [2.45, 2.75) is 52.6 Å². The van der Waals surface area contributed by atoms with Crippen LogP contribution in [0.25, 0.3) is 33.0 Å². The van der Waals surface area contributed by atoms with Gasteiger partial charge in [-0.1, -0.05) is 32.9 Å². The van der Waals surface area contributed by atoms with Crippen molar-refractivity contribution in [3.05, 3.63) is 65.9 Å². The van der Waals surface area contributed by atoms with Gasteiger partial charge in [0.2, 0.25) is 0 Å². The number of nitrogens with zero attached hydrogens (tertiary/aromatic N) is 5. The van der Waals surface area contributed by atoms with Gasteiger partial charge in [0, 0.05) is 52.6 Å². The zero-order valence-corrected chi connectivity index (χ0v) is 22.4. The van der Waals surface area contributed by atoms with Gasteiger partial charge in [-0.05, 0) is 54.3 Å². The number of carbonyl (C=O) groups is 1. The third-order valence-corrected chi connectivity index (χ3v) is 7.78. The Kier molecular flexibility index (Phi) is 6.51. The number of benzene rings is 2. The maximum atomic E-state index is 15.0. The Morgan fingerprint density at radius 2 is 1.97 bits per heavy atom. The minimum atomic E-state index is -0.897. The molecule has 1 amide bonds. The normalized spacial score (nSPS) is 17.8. The predicted octanol–water partition coefficient (Wildman–Crippen LogP) is 6.40. The van der Waals surface area contributed by atoms with Gasteiger partial charge in [-0.3, -0.25) is 4.68 Å². The van der Waals surface area contributed by atoms with Gasteiger partial charge in [-0.15, -0.1) is 0 Å². The van der Waals surface area contributed by atoms with E-state index in [4.69, 9.17) is 5.73 Å². The minimum Gasteiger partial charge on any atom is -0.465 e. The van der Waals surface area contributed by atoms with Crippen LogP contribution in [0.1, 0.15) is 50.8 Å². The Bertz CT molecular complexity index is 1610. The molecule has 1 saturated heterocycles. The number of aromatic nitrogens is 3. The Labute approximate surface area is 226 Å². The van der Waals surface area contributed by atoms with Crippen molar-refractivity contribution in [3.8, 4) is 28.3 Å². The Morgan fingerprint density at radius 1 is 1.21 bits per heavy atom. The van der Waals surface area contributed by atoms with Crippen molar-refractivity contribution in [1.82, 2.24) is 19.7 Å². The summed E-state index contributed by atoms with van der Waals surface area (Å²) in [5.74, 6) is -0.119. The lowest BCUT2D eigenvalue weighted by Crippen LogP contribution is -2.51. The summed E-state index contributed by atoms with van der Waals surface area (Å²) in [7, 11) is 0. The molecule has 2 aromatic heterocycles. The van der Waals surface area contributed by atoms with E-state index >= 15 is 0 Å². The molecule has 1 aliphatic heterocycles. The summed E-state index contributed by atoms with van der Waals surface area (Å²) in [6.45, 7) is 8.42.